The van der Waals surface area contributed by atoms with Crippen LogP contribution in [0.25, 0.3) is 0 Å². The maximum absolute atomic E-state index is 11.2. The molecule has 0 radical (unpaired) electrons. The SMILES string of the molecule is C[C@@H]1CN(C(C)(C)C)CCC1=O. The van der Waals surface area contributed by atoms with Crippen molar-refractivity contribution in [3.8, 4) is 0 Å². The lowest BCUT2D eigenvalue weighted by atomic mass is 9.94. The molecule has 1 aliphatic heterocycles. The highest BCUT2D eigenvalue weighted by Crippen LogP contribution is 2.20. The highest BCUT2D eigenvalue weighted by atomic mass is 16.1. The zero-order chi connectivity index (χ0) is 9.35. The van der Waals surface area contributed by atoms with E-state index in [-0.39, 0.29) is 11.5 Å². The Morgan fingerprint density at radius 3 is 2.42 bits per heavy atom. The van der Waals surface area contributed by atoms with Crippen molar-refractivity contribution in [3.63, 3.8) is 0 Å². The zero-order valence-corrected chi connectivity index (χ0v) is 8.55. The van der Waals surface area contributed by atoms with Gasteiger partial charge in [0.2, 0.25) is 0 Å². The minimum absolute atomic E-state index is 0.217. The summed E-state index contributed by atoms with van der Waals surface area (Å²) in [4.78, 5) is 13.6. The summed E-state index contributed by atoms with van der Waals surface area (Å²) < 4.78 is 0. The van der Waals surface area contributed by atoms with E-state index >= 15 is 0 Å². The Morgan fingerprint density at radius 2 is 2.00 bits per heavy atom. The Balaban J connectivity index is 2.57. The van der Waals surface area contributed by atoms with Crippen molar-refractivity contribution < 1.29 is 4.79 Å². The second-order valence-electron chi connectivity index (χ2n) is 4.73. The fourth-order valence-corrected chi connectivity index (χ4v) is 1.62. The topological polar surface area (TPSA) is 20.3 Å². The van der Waals surface area contributed by atoms with Crippen molar-refractivity contribution in [2.45, 2.75) is 39.7 Å². The average Bonchev–Trinajstić information content (AvgIpc) is 1.92. The molecule has 1 atom stereocenters. The van der Waals surface area contributed by atoms with Crippen LogP contribution in [0.4, 0.5) is 0 Å². The van der Waals surface area contributed by atoms with Crippen LogP contribution in [0.3, 0.4) is 0 Å². The van der Waals surface area contributed by atoms with Crippen LogP contribution in [0, 0.1) is 5.92 Å². The molecule has 2 nitrogen and oxygen atoms in total. The second-order valence-corrected chi connectivity index (χ2v) is 4.73. The summed E-state index contributed by atoms with van der Waals surface area (Å²) in [6, 6.07) is 0. The van der Waals surface area contributed by atoms with Gasteiger partial charge in [-0.2, -0.15) is 0 Å². The molecule has 0 aromatic rings. The Kier molecular flexibility index (Phi) is 2.57. The first-order valence-corrected chi connectivity index (χ1v) is 4.69. The lowest BCUT2D eigenvalue weighted by Crippen LogP contribution is -2.49. The van der Waals surface area contributed by atoms with Gasteiger partial charge < -0.3 is 0 Å². The Labute approximate surface area is 74.9 Å². The molecule has 70 valence electrons. The molecule has 2 heteroatoms. The van der Waals surface area contributed by atoms with E-state index in [1.807, 2.05) is 6.92 Å². The van der Waals surface area contributed by atoms with E-state index in [0.29, 0.717) is 5.78 Å². The number of nitrogens with zero attached hydrogens (tertiary/aromatic N) is 1. The third-order valence-electron chi connectivity index (χ3n) is 2.62. The second kappa shape index (κ2) is 3.17. The van der Waals surface area contributed by atoms with Crippen LogP contribution in [0.15, 0.2) is 0 Å². The van der Waals surface area contributed by atoms with Crippen LogP contribution >= 0.6 is 0 Å². The van der Waals surface area contributed by atoms with E-state index in [1.165, 1.54) is 0 Å². The van der Waals surface area contributed by atoms with Crippen molar-refractivity contribution in [1.82, 2.24) is 4.90 Å². The number of carbonyl (C=O) groups is 1. The lowest BCUT2D eigenvalue weighted by molar-refractivity contribution is -0.126. The molecular formula is C10H19NO. The van der Waals surface area contributed by atoms with Gasteiger partial charge in [-0.15, -0.1) is 0 Å². The van der Waals surface area contributed by atoms with Crippen LogP contribution in [0.1, 0.15) is 34.1 Å². The zero-order valence-electron chi connectivity index (χ0n) is 8.55. The van der Waals surface area contributed by atoms with Crippen molar-refractivity contribution >= 4 is 5.78 Å². The normalized spacial score (nSPS) is 27.7. The van der Waals surface area contributed by atoms with Crippen LogP contribution in [0.5, 0.6) is 0 Å². The molecule has 0 unspecified atom stereocenters. The van der Waals surface area contributed by atoms with Crippen molar-refractivity contribution in [2.24, 2.45) is 5.92 Å². The molecule has 1 saturated heterocycles. The van der Waals surface area contributed by atoms with Gasteiger partial charge in [-0.3, -0.25) is 9.69 Å². The Bertz CT molecular complexity index is 181. The molecule has 12 heavy (non-hydrogen) atoms. The third kappa shape index (κ3) is 2.07. The number of ketones is 1. The molecule has 1 aliphatic rings. The number of hydrogen-bond donors (Lipinski definition) is 0. The fourth-order valence-electron chi connectivity index (χ4n) is 1.62. The molecule has 0 aromatic heterocycles. The van der Waals surface area contributed by atoms with Gasteiger partial charge in [-0.25, -0.2) is 0 Å². The van der Waals surface area contributed by atoms with Gasteiger partial charge in [-0.1, -0.05) is 6.92 Å². The van der Waals surface area contributed by atoms with E-state index in [2.05, 4.69) is 25.7 Å². The van der Waals surface area contributed by atoms with Gasteiger partial charge >= 0.3 is 0 Å². The number of Topliss-reactive ketones (excluding diaryl/α,β-unsaturated/α-hetero) is 1. The number of rotatable bonds is 0. The van der Waals surface area contributed by atoms with Crippen molar-refractivity contribution in [2.75, 3.05) is 13.1 Å². The maximum atomic E-state index is 11.2. The van der Waals surface area contributed by atoms with Gasteiger partial charge in [0.05, 0.1) is 0 Å². The molecule has 0 bridgehead atoms. The molecule has 0 amide bonds. The summed E-state index contributed by atoms with van der Waals surface area (Å²) >= 11 is 0. The van der Waals surface area contributed by atoms with Crippen LogP contribution < -0.4 is 0 Å². The maximum Gasteiger partial charge on any atom is 0.138 e. The lowest BCUT2D eigenvalue weighted by Gasteiger charge is -2.40. The monoisotopic (exact) mass is 169 g/mol. The number of hydrogen-bond acceptors (Lipinski definition) is 2. The van der Waals surface area contributed by atoms with Gasteiger partial charge in [0.15, 0.2) is 0 Å². The molecular weight excluding hydrogens is 150 g/mol. The minimum Gasteiger partial charge on any atom is -0.299 e. The number of carbonyl (C=O) groups excluding carboxylic acids is 1. The number of likely N-dealkylation sites (tertiary alicyclic amines) is 1. The van der Waals surface area contributed by atoms with Gasteiger partial charge in [-0.05, 0) is 20.8 Å². The Hall–Kier alpha value is -0.370. The van der Waals surface area contributed by atoms with Gasteiger partial charge in [0.1, 0.15) is 5.78 Å². The van der Waals surface area contributed by atoms with Crippen LogP contribution in [0.2, 0.25) is 0 Å². The summed E-state index contributed by atoms with van der Waals surface area (Å²) in [5.41, 5.74) is 0.217. The molecule has 0 spiro atoms. The Morgan fingerprint density at radius 1 is 1.42 bits per heavy atom. The van der Waals surface area contributed by atoms with E-state index < -0.39 is 0 Å². The summed E-state index contributed by atoms with van der Waals surface area (Å²) in [5, 5.41) is 0. The van der Waals surface area contributed by atoms with Crippen molar-refractivity contribution in [3.05, 3.63) is 0 Å². The van der Waals surface area contributed by atoms with E-state index in [1.54, 1.807) is 0 Å². The summed E-state index contributed by atoms with van der Waals surface area (Å²) in [6.07, 6.45) is 0.735. The minimum atomic E-state index is 0.217. The van der Waals surface area contributed by atoms with E-state index in [9.17, 15) is 4.79 Å². The molecule has 0 aromatic carbocycles. The third-order valence-corrected chi connectivity index (χ3v) is 2.62. The molecule has 0 saturated carbocycles. The highest BCUT2D eigenvalue weighted by molar-refractivity contribution is 5.81. The smallest absolute Gasteiger partial charge is 0.138 e. The van der Waals surface area contributed by atoms with Crippen LogP contribution in [-0.4, -0.2) is 29.3 Å². The first-order chi connectivity index (χ1) is 5.41. The summed E-state index contributed by atoms with van der Waals surface area (Å²) in [7, 11) is 0. The average molecular weight is 169 g/mol. The predicted octanol–water partition coefficient (Wildman–Crippen LogP) is 1.70. The van der Waals surface area contributed by atoms with E-state index in [4.69, 9.17) is 0 Å². The summed E-state index contributed by atoms with van der Waals surface area (Å²) in [5.74, 6) is 0.661. The first-order valence-electron chi connectivity index (χ1n) is 4.69. The van der Waals surface area contributed by atoms with Gasteiger partial charge in [0, 0.05) is 31.0 Å². The van der Waals surface area contributed by atoms with Crippen LogP contribution in [-0.2, 0) is 4.79 Å². The molecule has 1 heterocycles. The highest BCUT2D eigenvalue weighted by Gasteiger charge is 2.29. The quantitative estimate of drug-likeness (QED) is 0.550. The fraction of sp³-hybridized carbons (Fsp3) is 0.900. The first kappa shape index (κ1) is 9.72. The number of piperidine rings is 1. The molecule has 0 N–H and O–H groups in total. The van der Waals surface area contributed by atoms with E-state index in [0.717, 1.165) is 19.5 Å². The molecule has 1 fully saturated rings. The van der Waals surface area contributed by atoms with Gasteiger partial charge in [0.25, 0.3) is 0 Å². The largest absolute Gasteiger partial charge is 0.299 e. The molecule has 1 rings (SSSR count). The standard InChI is InChI=1S/C10H19NO/c1-8-7-11(10(2,3)4)6-5-9(8)12/h8H,5-7H2,1-4H3/t8-/m1/s1. The molecule has 0 aliphatic carbocycles. The van der Waals surface area contributed by atoms with Crippen molar-refractivity contribution in [1.29, 1.82) is 0 Å². The summed E-state index contributed by atoms with van der Waals surface area (Å²) in [6.45, 7) is 10.5. The predicted molar refractivity (Wildman–Crippen MR) is 50.1 cm³/mol.